The van der Waals surface area contributed by atoms with Crippen molar-refractivity contribution in [1.29, 1.82) is 0 Å². The molecule has 2 unspecified atom stereocenters. The summed E-state index contributed by atoms with van der Waals surface area (Å²) >= 11 is 0. The number of rotatable bonds is 2. The molecule has 0 spiro atoms. The van der Waals surface area contributed by atoms with E-state index in [1.54, 1.807) is 21.7 Å². The first-order valence-electron chi connectivity index (χ1n) is 10.6. The van der Waals surface area contributed by atoms with Crippen molar-refractivity contribution in [2.24, 2.45) is 0 Å². The Bertz CT molecular complexity index is 1080. The third kappa shape index (κ3) is 6.16. The zero-order valence-electron chi connectivity index (χ0n) is 19.0. The van der Waals surface area contributed by atoms with Crippen molar-refractivity contribution < 1.29 is 25.2 Å². The van der Waals surface area contributed by atoms with E-state index in [2.05, 4.69) is 100 Å². The van der Waals surface area contributed by atoms with Gasteiger partial charge < -0.3 is 0 Å². The quantitative estimate of drug-likeness (QED) is 0.241. The summed E-state index contributed by atoms with van der Waals surface area (Å²) in [5, 5.41) is 3.11. The van der Waals surface area contributed by atoms with Crippen molar-refractivity contribution in [1.82, 2.24) is 0 Å². The van der Waals surface area contributed by atoms with E-state index in [1.807, 2.05) is 0 Å². The second kappa shape index (κ2) is 8.10. The van der Waals surface area contributed by atoms with Crippen LogP contribution in [0.2, 0.25) is 0 Å². The second-order valence-corrected chi connectivity index (χ2v) is 14.6. The van der Waals surface area contributed by atoms with Crippen LogP contribution in [0.3, 0.4) is 0 Å². The molecule has 0 N–H and O–H groups in total. The third-order valence-corrected chi connectivity index (χ3v) is 11.7. The van der Waals surface area contributed by atoms with Crippen LogP contribution >= 0.6 is 15.1 Å². The van der Waals surface area contributed by atoms with Crippen LogP contribution in [0.5, 0.6) is 0 Å². The predicted molar refractivity (Wildman–Crippen MR) is 130 cm³/mol. The van der Waals surface area contributed by atoms with E-state index in [-0.39, 0.29) is 0 Å². The van der Waals surface area contributed by atoms with E-state index in [9.17, 15) is 25.2 Å². The fourth-order valence-corrected chi connectivity index (χ4v) is 9.90. The molecule has 180 valence electrons. The van der Waals surface area contributed by atoms with E-state index >= 15 is 0 Å². The Labute approximate surface area is 191 Å². The van der Waals surface area contributed by atoms with Gasteiger partial charge in [0.05, 0.1) is 29.7 Å². The average molecular weight is 504 g/mol. The molecule has 0 aliphatic carbocycles. The number of aryl methyl sites for hydroxylation is 1. The average Bonchev–Trinajstić information content (AvgIpc) is 2.72. The molecule has 2 atom stereocenters. The summed E-state index contributed by atoms with van der Waals surface area (Å²) in [7, 11) is -12.2. The number of halogens is 6. The summed E-state index contributed by atoms with van der Waals surface area (Å²) in [6.45, 7) is 9.51. The summed E-state index contributed by atoms with van der Waals surface area (Å²) in [6, 6.07) is 27.4. The molecule has 3 aromatic rings. The topological polar surface area (TPSA) is 0 Å². The summed E-state index contributed by atoms with van der Waals surface area (Å²) in [6.07, 6.45) is 1.19. The normalized spacial score (nSPS) is 21.6. The molecule has 4 rings (SSSR count). The van der Waals surface area contributed by atoms with Crippen molar-refractivity contribution in [3.05, 3.63) is 95.1 Å². The monoisotopic (exact) mass is 504 g/mol. The van der Waals surface area contributed by atoms with Gasteiger partial charge in [-0.1, -0.05) is 55.5 Å². The minimum absolute atomic E-state index is 0.576. The minimum atomic E-state index is -10.7. The molecule has 8 heteroatoms. The third-order valence-electron chi connectivity index (χ3n) is 6.66. The molecule has 0 nitrogen and oxygen atoms in total. The number of hydrogen-bond acceptors (Lipinski definition) is 0. The van der Waals surface area contributed by atoms with Crippen molar-refractivity contribution in [2.75, 3.05) is 0 Å². The molecule has 3 aromatic carbocycles. The van der Waals surface area contributed by atoms with E-state index in [0.717, 1.165) is 0 Å². The molecule has 0 aromatic heterocycles. The van der Waals surface area contributed by atoms with Gasteiger partial charge in [0.1, 0.15) is 0 Å². The molecule has 0 fully saturated rings. The van der Waals surface area contributed by atoms with Gasteiger partial charge in [-0.3, -0.25) is 0 Å². The second-order valence-electron chi connectivity index (χ2n) is 8.76. The zero-order chi connectivity index (χ0) is 24.7. The van der Waals surface area contributed by atoms with Gasteiger partial charge in [-0.25, -0.2) is 0 Å². The maximum atomic E-state index is 9.87. The van der Waals surface area contributed by atoms with Crippen LogP contribution in [-0.4, -0.2) is 5.66 Å². The van der Waals surface area contributed by atoms with E-state index in [1.165, 1.54) is 17.3 Å². The Morgan fingerprint density at radius 1 is 0.697 bits per heavy atom. The van der Waals surface area contributed by atoms with E-state index in [0.29, 0.717) is 11.6 Å². The molecule has 0 radical (unpaired) electrons. The van der Waals surface area contributed by atoms with Gasteiger partial charge >= 0.3 is 33.0 Å². The fourth-order valence-electron chi connectivity index (χ4n) is 4.76. The van der Waals surface area contributed by atoms with Gasteiger partial charge in [0.15, 0.2) is 0 Å². The predicted octanol–water partition coefficient (Wildman–Crippen LogP) is 9.36. The molecule has 1 aliphatic heterocycles. The van der Waals surface area contributed by atoms with Crippen LogP contribution in [-0.2, 0) is 6.16 Å². The van der Waals surface area contributed by atoms with Gasteiger partial charge in [0.25, 0.3) is 0 Å². The van der Waals surface area contributed by atoms with Crippen molar-refractivity contribution in [2.45, 2.75) is 45.4 Å². The molecule has 0 amide bonds. The molecule has 0 saturated carbocycles. The first-order valence-corrected chi connectivity index (χ1v) is 14.7. The van der Waals surface area contributed by atoms with Crippen molar-refractivity contribution >= 4 is 25.7 Å². The Balaban J connectivity index is 0.000000383. The molecule has 1 heterocycles. The van der Waals surface area contributed by atoms with Gasteiger partial charge in [-0.2, -0.15) is 0 Å². The van der Waals surface area contributed by atoms with E-state index in [4.69, 9.17) is 0 Å². The summed E-state index contributed by atoms with van der Waals surface area (Å²) in [5.74, 6) is 0.576. The summed E-state index contributed by atoms with van der Waals surface area (Å²) in [5.41, 5.74) is 6.74. The SMILES string of the molecule is Cc1ccc2c(c1C)C[P+](c1ccccc1)(c1ccccc1)C(C)C2C.F[P-](F)(F)(F)(F)F. The zero-order valence-corrected chi connectivity index (χ0v) is 20.7. The molecule has 0 saturated heterocycles. The fraction of sp³-hybridized carbons (Fsp3) is 0.280. The molecule has 1 aliphatic rings. The first kappa shape index (κ1) is 25.7. The standard InChI is InChI=1S/C25H28P.F6P/c1-18-15-16-24-20(3)21(4)26(17-25(24)19(18)2,22-11-7-5-8-12-22)23-13-9-6-10-14-23;1-7(2,3,4,5)6/h5-16,20-21H,17H2,1-4H3;/q+1;-1. The number of benzene rings is 3. The van der Waals surface area contributed by atoms with Gasteiger partial charge in [0, 0.05) is 5.92 Å². The van der Waals surface area contributed by atoms with Gasteiger partial charge in [0.2, 0.25) is 0 Å². The van der Waals surface area contributed by atoms with Crippen LogP contribution < -0.4 is 10.6 Å². The van der Waals surface area contributed by atoms with Crippen LogP contribution in [0.15, 0.2) is 72.8 Å². The summed E-state index contributed by atoms with van der Waals surface area (Å²) < 4.78 is 59.2. The van der Waals surface area contributed by atoms with Crippen molar-refractivity contribution in [3.63, 3.8) is 0 Å². The molecule has 0 bridgehead atoms. The Morgan fingerprint density at radius 2 is 1.12 bits per heavy atom. The van der Waals surface area contributed by atoms with E-state index < -0.39 is 15.1 Å². The van der Waals surface area contributed by atoms with Gasteiger partial charge in [-0.15, -0.1) is 0 Å². The Morgan fingerprint density at radius 3 is 1.55 bits per heavy atom. The molecule has 33 heavy (non-hydrogen) atoms. The Hall–Kier alpha value is -1.90. The van der Waals surface area contributed by atoms with Crippen LogP contribution in [0.4, 0.5) is 25.2 Å². The summed E-state index contributed by atoms with van der Waals surface area (Å²) in [4.78, 5) is 0. The van der Waals surface area contributed by atoms with Gasteiger partial charge in [-0.05, 0) is 67.3 Å². The number of hydrogen-bond donors (Lipinski definition) is 0. The molecular weight excluding hydrogens is 476 g/mol. The van der Waals surface area contributed by atoms with Crippen LogP contribution in [0.1, 0.15) is 42.0 Å². The Kier molecular flexibility index (Phi) is 6.31. The van der Waals surface area contributed by atoms with Crippen LogP contribution in [0.25, 0.3) is 0 Å². The number of fused-ring (bicyclic) bond motifs is 1. The van der Waals surface area contributed by atoms with Crippen molar-refractivity contribution in [3.8, 4) is 0 Å². The van der Waals surface area contributed by atoms with Crippen LogP contribution in [0, 0.1) is 13.8 Å². The molecular formula is C25H28F6P2. The first-order chi connectivity index (χ1) is 15.0. The maximum absolute atomic E-state index is 10.7.